The lowest BCUT2D eigenvalue weighted by atomic mass is 10.3. The Hall–Kier alpha value is -1.04. The van der Waals surface area contributed by atoms with Crippen molar-refractivity contribution in [3.05, 3.63) is 24.3 Å². The van der Waals surface area contributed by atoms with E-state index in [1.54, 1.807) is 19.5 Å². The van der Waals surface area contributed by atoms with Crippen molar-refractivity contribution in [1.82, 2.24) is 15.3 Å². The highest BCUT2D eigenvalue weighted by atomic mass is 16.5. The van der Waals surface area contributed by atoms with Gasteiger partial charge in [-0.25, -0.2) is 9.97 Å². The number of aromatic nitrogens is 2. The number of nitrogens with zero attached hydrogens (tertiary/aromatic N) is 2. The van der Waals surface area contributed by atoms with Gasteiger partial charge in [-0.2, -0.15) is 0 Å². The molecule has 1 aromatic heterocycles. The Bertz CT molecular complexity index is 244. The van der Waals surface area contributed by atoms with E-state index < -0.39 is 0 Å². The van der Waals surface area contributed by atoms with Gasteiger partial charge in [-0.15, -0.1) is 0 Å². The summed E-state index contributed by atoms with van der Waals surface area (Å²) in [7, 11) is 1.66. The molecule has 1 heterocycles. The lowest BCUT2D eigenvalue weighted by molar-refractivity contribution is 0.0719. The van der Waals surface area contributed by atoms with E-state index in [4.69, 9.17) is 9.47 Å². The molecule has 1 aromatic rings. The number of nitrogens with one attached hydrogen (secondary N) is 1. The number of methoxy groups -OCH3 is 1. The summed E-state index contributed by atoms with van der Waals surface area (Å²) in [6.07, 6.45) is 5.12. The van der Waals surface area contributed by atoms with Gasteiger partial charge in [0.25, 0.3) is 0 Å². The predicted molar refractivity (Wildman–Crippen MR) is 56.4 cm³/mol. The zero-order valence-electron chi connectivity index (χ0n) is 8.98. The monoisotopic (exact) mass is 211 g/mol. The maximum Gasteiger partial charge on any atom is 0.115 e. The molecule has 1 rings (SSSR count). The van der Waals surface area contributed by atoms with Gasteiger partial charge in [0.15, 0.2) is 0 Å². The maximum atomic E-state index is 5.29. The molecule has 5 nitrogen and oxygen atoms in total. The fraction of sp³-hybridized carbons (Fsp3) is 0.600. The van der Waals surface area contributed by atoms with Gasteiger partial charge < -0.3 is 14.8 Å². The second kappa shape index (κ2) is 8.28. The second-order valence-electron chi connectivity index (χ2n) is 3.03. The Balaban J connectivity index is 1.93. The van der Waals surface area contributed by atoms with Crippen molar-refractivity contribution in [1.29, 1.82) is 0 Å². The maximum absolute atomic E-state index is 5.29. The summed E-state index contributed by atoms with van der Waals surface area (Å²) in [6, 6.07) is 0. The molecule has 0 spiro atoms. The van der Waals surface area contributed by atoms with Gasteiger partial charge in [0.2, 0.25) is 0 Å². The molecule has 0 saturated heterocycles. The Morgan fingerprint density at radius 1 is 1.20 bits per heavy atom. The van der Waals surface area contributed by atoms with Crippen molar-refractivity contribution in [2.75, 3.05) is 33.5 Å². The quantitative estimate of drug-likeness (QED) is 0.624. The predicted octanol–water partition coefficient (Wildman–Crippen LogP) is 0.229. The summed E-state index contributed by atoms with van der Waals surface area (Å²) in [4.78, 5) is 7.85. The molecule has 0 radical (unpaired) electrons. The van der Waals surface area contributed by atoms with Gasteiger partial charge in [0.05, 0.1) is 19.8 Å². The zero-order valence-corrected chi connectivity index (χ0v) is 8.98. The molecule has 84 valence electrons. The fourth-order valence-electron chi connectivity index (χ4n) is 1.04. The van der Waals surface area contributed by atoms with Crippen molar-refractivity contribution >= 4 is 0 Å². The van der Waals surface area contributed by atoms with E-state index in [0.717, 1.165) is 18.7 Å². The topological polar surface area (TPSA) is 56.3 Å². The van der Waals surface area contributed by atoms with Crippen LogP contribution in [0.4, 0.5) is 0 Å². The number of ether oxygens (including phenoxy) is 2. The smallest absolute Gasteiger partial charge is 0.115 e. The third kappa shape index (κ3) is 6.11. The van der Waals surface area contributed by atoms with Crippen LogP contribution in [0.15, 0.2) is 18.7 Å². The first kappa shape index (κ1) is 12.0. The molecule has 5 heteroatoms. The molecule has 0 fully saturated rings. The summed E-state index contributed by atoms with van der Waals surface area (Å²) in [5.41, 5.74) is 1.08. The third-order valence-electron chi connectivity index (χ3n) is 1.80. The molecule has 0 saturated carbocycles. The second-order valence-corrected chi connectivity index (χ2v) is 3.03. The lowest BCUT2D eigenvalue weighted by Crippen LogP contribution is -2.20. The first-order chi connectivity index (χ1) is 7.43. The molecule has 0 aliphatic heterocycles. The molecule has 1 N–H and O–H groups in total. The van der Waals surface area contributed by atoms with Crippen LogP contribution in [-0.4, -0.2) is 43.4 Å². The van der Waals surface area contributed by atoms with Crippen molar-refractivity contribution in [2.24, 2.45) is 0 Å². The van der Waals surface area contributed by atoms with Gasteiger partial charge in [-0.1, -0.05) is 0 Å². The van der Waals surface area contributed by atoms with Gasteiger partial charge in [0.1, 0.15) is 6.33 Å². The first-order valence-electron chi connectivity index (χ1n) is 4.95. The van der Waals surface area contributed by atoms with Crippen LogP contribution in [0.3, 0.4) is 0 Å². The van der Waals surface area contributed by atoms with E-state index in [1.165, 1.54) is 6.33 Å². The van der Waals surface area contributed by atoms with Crippen LogP contribution in [0.5, 0.6) is 0 Å². The van der Waals surface area contributed by atoms with Crippen LogP contribution in [0.25, 0.3) is 0 Å². The van der Waals surface area contributed by atoms with Crippen LogP contribution in [0, 0.1) is 0 Å². The summed E-state index contributed by atoms with van der Waals surface area (Å²) in [6.45, 7) is 3.57. The summed E-state index contributed by atoms with van der Waals surface area (Å²) in [5, 5.41) is 3.23. The van der Waals surface area contributed by atoms with Gasteiger partial charge in [-0.3, -0.25) is 0 Å². The third-order valence-corrected chi connectivity index (χ3v) is 1.80. The van der Waals surface area contributed by atoms with Crippen molar-refractivity contribution in [3.8, 4) is 0 Å². The molecule has 0 atom stereocenters. The van der Waals surface area contributed by atoms with Crippen LogP contribution in [0.2, 0.25) is 0 Å². The highest BCUT2D eigenvalue weighted by molar-refractivity contribution is 5.01. The Morgan fingerprint density at radius 2 is 2.00 bits per heavy atom. The standard InChI is InChI=1S/C10H17N3O2/c1-14-4-5-15-3-2-11-6-10-7-12-9-13-8-10/h7-9,11H,2-6H2,1H3. The van der Waals surface area contributed by atoms with Crippen LogP contribution >= 0.6 is 0 Å². The molecule has 0 amide bonds. The highest BCUT2D eigenvalue weighted by Crippen LogP contribution is 1.90. The van der Waals surface area contributed by atoms with E-state index >= 15 is 0 Å². The Morgan fingerprint density at radius 3 is 2.73 bits per heavy atom. The Kier molecular flexibility index (Phi) is 6.64. The number of hydrogen-bond donors (Lipinski definition) is 1. The van der Waals surface area contributed by atoms with Crippen LogP contribution in [0.1, 0.15) is 5.56 Å². The van der Waals surface area contributed by atoms with E-state index in [9.17, 15) is 0 Å². The molecule has 0 aliphatic carbocycles. The zero-order chi connectivity index (χ0) is 10.8. The molecule has 0 unspecified atom stereocenters. The largest absolute Gasteiger partial charge is 0.382 e. The van der Waals surface area contributed by atoms with Crippen LogP contribution < -0.4 is 5.32 Å². The highest BCUT2D eigenvalue weighted by Gasteiger charge is 1.92. The normalized spacial score (nSPS) is 10.5. The number of rotatable bonds is 8. The summed E-state index contributed by atoms with van der Waals surface area (Å²) >= 11 is 0. The molecular weight excluding hydrogens is 194 g/mol. The van der Waals surface area contributed by atoms with Gasteiger partial charge in [0, 0.05) is 38.2 Å². The average molecular weight is 211 g/mol. The minimum Gasteiger partial charge on any atom is -0.382 e. The SMILES string of the molecule is COCCOCCNCc1cncnc1. The first-order valence-corrected chi connectivity index (χ1v) is 4.95. The number of hydrogen-bond acceptors (Lipinski definition) is 5. The van der Waals surface area contributed by atoms with E-state index in [-0.39, 0.29) is 0 Å². The average Bonchev–Trinajstić information content (AvgIpc) is 2.29. The van der Waals surface area contributed by atoms with Gasteiger partial charge >= 0.3 is 0 Å². The van der Waals surface area contributed by atoms with Crippen molar-refractivity contribution in [2.45, 2.75) is 6.54 Å². The van der Waals surface area contributed by atoms with Crippen molar-refractivity contribution < 1.29 is 9.47 Å². The van der Waals surface area contributed by atoms with E-state index in [0.29, 0.717) is 19.8 Å². The Labute approximate surface area is 89.8 Å². The molecular formula is C10H17N3O2. The van der Waals surface area contributed by atoms with Gasteiger partial charge in [-0.05, 0) is 0 Å². The van der Waals surface area contributed by atoms with Crippen molar-refractivity contribution in [3.63, 3.8) is 0 Å². The lowest BCUT2D eigenvalue weighted by Gasteiger charge is -2.05. The fourth-order valence-corrected chi connectivity index (χ4v) is 1.04. The summed E-state index contributed by atoms with van der Waals surface area (Å²) in [5.74, 6) is 0. The van der Waals surface area contributed by atoms with E-state index in [1.807, 2.05) is 0 Å². The minimum absolute atomic E-state index is 0.645. The minimum atomic E-state index is 0.645. The summed E-state index contributed by atoms with van der Waals surface area (Å²) < 4.78 is 10.1. The molecule has 0 aliphatic rings. The van der Waals surface area contributed by atoms with E-state index in [2.05, 4.69) is 15.3 Å². The molecule has 15 heavy (non-hydrogen) atoms. The molecule has 0 bridgehead atoms. The van der Waals surface area contributed by atoms with Crippen LogP contribution in [-0.2, 0) is 16.0 Å². The molecule has 0 aromatic carbocycles.